The number of Topliss-reactive ketones (excluding diaryl/α,β-unsaturated/α-hetero) is 2. The molecule has 3 fully saturated rings. The van der Waals surface area contributed by atoms with Crippen molar-refractivity contribution >= 4 is 69.9 Å². The summed E-state index contributed by atoms with van der Waals surface area (Å²) in [6, 6.07) is 10.2. The number of allylic oxidation sites excluding steroid dienone is 5. The Morgan fingerprint density at radius 2 is 1.36 bits per heavy atom. The van der Waals surface area contributed by atoms with Gasteiger partial charge in [-0.2, -0.15) is 4.98 Å². The molecule has 34 nitrogen and oxygen atoms in total. The standard InChI is InChI=1S/C91H134N10O24/c1-58-14-10-9-11-15-59(2)76(112-7)54-70-23-17-63(6)91(111,125-70)84(107)87(108)101-30-13-12-16-72(101)88(109)122-69(53-73(102)60(3)49-62(5)82(105)83(106)81(104)61(4)48-58)24-19-64-20-25-75(77(51-64)113-8)124-90(110)95-29-33-115-35-37-117-39-41-119-43-45-121-47-46-120-44-42-118-40-38-116-36-34-114-32-28-78(103)100-31-27-66-50-65(18-21-68(66)56-100)55-96-86-79(85(93)97-57-98-86)80(92)67-22-26-74-71(52-67)99-89(94)123-74/h9-11,14-15,18,21-22,26,49-50,52,57-58,60-61,63-64,69-70,72-73,75-77,82-83,92,102,105-106,111H,12-13,16-17,19-20,23-25,27-48,51,53-56H2,1-8H3,(H2,94,99)(H,95,110)(H3,93,96,97,98)/b11-9+,14-10+,59-15+,62-49+,92-80?/t58-,60-,61-,63-,64-,69-,70+,72+,73-,75-,76+,77-,82-,83+,91-/m1/s1. The van der Waals surface area contributed by atoms with Crippen molar-refractivity contribution in [2.24, 2.45) is 29.6 Å². The van der Waals surface area contributed by atoms with E-state index in [-0.39, 0.29) is 92.7 Å². The molecule has 1 aliphatic carbocycles. The summed E-state index contributed by atoms with van der Waals surface area (Å²) in [7, 11) is 3.11. The highest BCUT2D eigenvalue weighted by Gasteiger charge is 2.53. The van der Waals surface area contributed by atoms with Crippen molar-refractivity contribution in [1.29, 1.82) is 5.41 Å². The summed E-state index contributed by atoms with van der Waals surface area (Å²) in [4.78, 5) is 98.9. The molecule has 2 saturated heterocycles. The molecule has 6 heterocycles. The molecule has 9 rings (SSSR count). The smallest absolute Gasteiger partial charge is 0.407 e. The van der Waals surface area contributed by atoms with Crippen LogP contribution in [-0.2, 0) is 105 Å². The number of hydrogen-bond acceptors (Lipinski definition) is 31. The second kappa shape index (κ2) is 52.0. The van der Waals surface area contributed by atoms with E-state index in [9.17, 15) is 49.2 Å². The number of nitrogens with one attached hydrogen (secondary N) is 3. The van der Waals surface area contributed by atoms with Gasteiger partial charge in [-0.05, 0) is 149 Å². The number of carbonyl (C=O) groups excluding carboxylic acids is 6. The molecule has 125 heavy (non-hydrogen) atoms. The van der Waals surface area contributed by atoms with Gasteiger partial charge in [-0.15, -0.1) is 0 Å². The summed E-state index contributed by atoms with van der Waals surface area (Å²) in [6.45, 7) is 18.1. The number of nitrogens with zero attached hydrogens (tertiary/aromatic N) is 5. The molecule has 0 spiro atoms. The van der Waals surface area contributed by atoms with Crippen molar-refractivity contribution in [3.05, 3.63) is 118 Å². The number of piperidine rings is 1. The maximum absolute atomic E-state index is 14.6. The maximum atomic E-state index is 14.6. The third-order valence-electron chi connectivity index (χ3n) is 23.8. The zero-order valence-electron chi connectivity index (χ0n) is 73.9. The van der Waals surface area contributed by atoms with Crippen LogP contribution in [0.25, 0.3) is 11.1 Å². The number of hydrogen-bond donors (Lipinski definition) is 9. The van der Waals surface area contributed by atoms with Crippen molar-refractivity contribution in [2.45, 2.75) is 212 Å². The highest BCUT2D eigenvalue weighted by Crippen LogP contribution is 2.39. The van der Waals surface area contributed by atoms with Gasteiger partial charge in [0.2, 0.25) is 11.7 Å². The normalized spacial score (nSPS) is 27.4. The minimum Gasteiger partial charge on any atom is -0.461 e. The van der Waals surface area contributed by atoms with E-state index in [0.717, 1.165) is 23.1 Å². The maximum Gasteiger partial charge on any atom is 0.407 e. The van der Waals surface area contributed by atoms with E-state index in [1.807, 2.05) is 61.3 Å². The molecule has 2 aromatic carbocycles. The van der Waals surface area contributed by atoms with Crippen LogP contribution in [0, 0.1) is 35.0 Å². The number of aromatic nitrogens is 3. The highest BCUT2D eigenvalue weighted by atomic mass is 16.6. The first-order chi connectivity index (χ1) is 60.2. The Morgan fingerprint density at radius 3 is 2.03 bits per heavy atom. The molecular weight excluding hydrogens is 1620 g/mol. The zero-order valence-corrected chi connectivity index (χ0v) is 73.9. The zero-order chi connectivity index (χ0) is 89.8. The monoisotopic (exact) mass is 1750 g/mol. The average Bonchev–Trinajstić information content (AvgIpc) is 1.36. The number of amides is 3. The van der Waals surface area contributed by atoms with Crippen LogP contribution in [0.4, 0.5) is 22.4 Å². The van der Waals surface area contributed by atoms with E-state index < -0.39 is 108 Å². The second-order valence-electron chi connectivity index (χ2n) is 33.1. The Bertz CT molecular complexity index is 4220. The molecule has 4 aromatic rings. The van der Waals surface area contributed by atoms with Crippen LogP contribution in [0.15, 0.2) is 94.7 Å². The van der Waals surface area contributed by atoms with Gasteiger partial charge in [0.25, 0.3) is 17.7 Å². The van der Waals surface area contributed by atoms with E-state index in [1.165, 1.54) is 16.8 Å². The van der Waals surface area contributed by atoms with Gasteiger partial charge >= 0.3 is 12.1 Å². The summed E-state index contributed by atoms with van der Waals surface area (Å²) in [5.74, 6) is -7.43. The van der Waals surface area contributed by atoms with Crippen LogP contribution in [0.2, 0.25) is 0 Å². The van der Waals surface area contributed by atoms with E-state index >= 15 is 0 Å². The quantitative estimate of drug-likeness (QED) is 0.00673. The number of methoxy groups -OCH3 is 2. The summed E-state index contributed by atoms with van der Waals surface area (Å²) < 4.78 is 80.5. The number of rotatable bonds is 38. The number of alkyl carbamates (subject to hydrolysis) is 1. The Morgan fingerprint density at radius 1 is 0.688 bits per heavy atom. The molecule has 2 aromatic heterocycles. The Hall–Kier alpha value is -8.56. The Labute approximate surface area is 733 Å². The van der Waals surface area contributed by atoms with Crippen molar-refractivity contribution in [3.63, 3.8) is 0 Å². The number of aliphatic hydroxyl groups excluding tert-OH is 3. The number of ether oxygens (including phenoxy) is 13. The van der Waals surface area contributed by atoms with E-state index in [4.69, 9.17) is 82.9 Å². The molecule has 1 saturated carbocycles. The van der Waals surface area contributed by atoms with Gasteiger partial charge in [0.1, 0.15) is 53.9 Å². The summed E-state index contributed by atoms with van der Waals surface area (Å²) >= 11 is 0. The Kier molecular flexibility index (Phi) is 41.7. The Balaban J connectivity index is 0.583. The second-order valence-corrected chi connectivity index (χ2v) is 33.1. The molecule has 5 aliphatic rings. The van der Waals surface area contributed by atoms with Gasteiger partial charge in [-0.25, -0.2) is 19.6 Å². The van der Waals surface area contributed by atoms with Crippen molar-refractivity contribution in [1.82, 2.24) is 30.1 Å². The first kappa shape index (κ1) is 100. The van der Waals surface area contributed by atoms with Gasteiger partial charge in [0.05, 0.1) is 148 Å². The van der Waals surface area contributed by atoms with Crippen LogP contribution in [0.5, 0.6) is 0 Å². The number of nitrogens with two attached hydrogens (primary N) is 2. The largest absolute Gasteiger partial charge is 0.461 e. The fourth-order valence-corrected chi connectivity index (χ4v) is 16.3. The molecule has 2 bridgehead atoms. The lowest BCUT2D eigenvalue weighted by Gasteiger charge is -2.42. The van der Waals surface area contributed by atoms with Crippen LogP contribution in [0.3, 0.4) is 0 Å². The van der Waals surface area contributed by atoms with Crippen molar-refractivity contribution in [3.8, 4) is 0 Å². The number of anilines is 3. The van der Waals surface area contributed by atoms with Gasteiger partial charge in [-0.3, -0.25) is 24.6 Å². The number of ketones is 2. The fraction of sp³-hybridized carbons (Fsp3) is 0.648. The number of carbonyl (C=O) groups is 6. The lowest BCUT2D eigenvalue weighted by Crippen LogP contribution is -2.60. The number of cyclic esters (lactones) is 1. The highest BCUT2D eigenvalue weighted by molar-refractivity contribution is 6.39. The first-order valence-electron chi connectivity index (χ1n) is 44.1. The van der Waals surface area contributed by atoms with Crippen molar-refractivity contribution < 1.29 is 115 Å². The number of fused-ring (bicyclic) bond motifs is 5. The average molecular weight is 1750 g/mol. The summed E-state index contributed by atoms with van der Waals surface area (Å²) in [6.07, 6.45) is 10.3. The number of benzene rings is 2. The lowest BCUT2D eigenvalue weighted by atomic mass is 9.81. The molecule has 0 radical (unpaired) electrons. The fourth-order valence-electron chi connectivity index (χ4n) is 16.3. The third kappa shape index (κ3) is 31.1. The van der Waals surface area contributed by atoms with Crippen LogP contribution < -0.4 is 22.1 Å². The topological polar surface area (TPSA) is 462 Å². The lowest BCUT2D eigenvalue weighted by molar-refractivity contribution is -0.265. The first-order valence-corrected chi connectivity index (χ1v) is 44.1. The predicted molar refractivity (Wildman–Crippen MR) is 464 cm³/mol. The predicted octanol–water partition coefficient (Wildman–Crippen LogP) is 8.04. The van der Waals surface area contributed by atoms with Gasteiger partial charge in [0.15, 0.2) is 11.4 Å². The van der Waals surface area contributed by atoms with E-state index in [1.54, 1.807) is 66.2 Å². The summed E-state index contributed by atoms with van der Waals surface area (Å²) in [5.41, 5.74) is 18.5. The molecule has 11 N–H and O–H groups in total. The molecule has 0 unspecified atom stereocenters. The molecule has 34 heteroatoms. The number of esters is 1. The number of nitrogen functional groups attached to an aromatic ring is 2. The molecule has 15 atom stereocenters. The van der Waals surface area contributed by atoms with Gasteiger partial charge in [-0.1, -0.05) is 82.4 Å². The minimum absolute atomic E-state index is 0.0135. The SMILES string of the molecule is CO[C@H]1C[C@@H]2CC[C@@H](C)[C@@](O)(O2)C(=O)C(=O)N2CCCC[C@H]2C(=O)O[C@H](CC[C@@H]2CC[C@@H](OC(=O)NCCOCCOCCOCCOCCOCCOCCOCCOCCC(=O)N3CCc4cc(CNc5ncnc(N)c5C(=N)c5ccc6oc(N)nc6c5)ccc4C3)[C@H](OC)C2)C[C@@H](O)[C@H](C)/C=C(\C)[C@@H](O)[C@@H](O)C(=O)[C@H](C)C[C@H](C)/C=C/C=C/C=C/1C. The van der Waals surface area contributed by atoms with Gasteiger partial charge < -0.3 is 118 Å². The van der Waals surface area contributed by atoms with Gasteiger partial charge in [0, 0.05) is 83.1 Å². The van der Waals surface area contributed by atoms with E-state index in [2.05, 4.69) is 31.7 Å². The number of oxazole rings is 1. The molecular formula is C91H134N10O24. The summed E-state index contributed by atoms with van der Waals surface area (Å²) in [5, 5.41) is 61.5. The molecule has 3 amide bonds. The minimum atomic E-state index is -2.47. The molecule has 692 valence electrons. The van der Waals surface area contributed by atoms with Crippen molar-refractivity contribution in [2.75, 3.05) is 156 Å². The molecule has 4 aliphatic heterocycles. The van der Waals surface area contributed by atoms with E-state index in [0.29, 0.717) is 205 Å². The van der Waals surface area contributed by atoms with Crippen LogP contribution in [0.1, 0.15) is 159 Å². The third-order valence-corrected chi connectivity index (χ3v) is 23.8. The van der Waals surface area contributed by atoms with Crippen LogP contribution >= 0.6 is 0 Å². The number of aliphatic hydroxyl groups is 4. The van der Waals surface area contributed by atoms with Crippen LogP contribution in [-0.4, -0.2) is 287 Å².